The molecule has 0 amide bonds. The molecule has 4 heteroatoms. The van der Waals surface area contributed by atoms with E-state index in [0.717, 1.165) is 32.6 Å². The first-order valence-electron chi connectivity index (χ1n) is 4.54. The maximum absolute atomic E-state index is 5.66. The van der Waals surface area contributed by atoms with E-state index in [1.165, 1.54) is 5.54 Å². The van der Waals surface area contributed by atoms with Gasteiger partial charge in [-0.15, -0.1) is 0 Å². The van der Waals surface area contributed by atoms with Crippen LogP contribution < -0.4 is 5.32 Å². The van der Waals surface area contributed by atoms with Crippen LogP contribution in [0.1, 0.15) is 19.8 Å². The summed E-state index contributed by atoms with van der Waals surface area (Å²) in [5, 5.41) is 3.78. The Kier molecular flexibility index (Phi) is 10.5. The molecule has 0 fully saturated rings. The van der Waals surface area contributed by atoms with Crippen molar-refractivity contribution < 1.29 is 4.74 Å². The lowest BCUT2D eigenvalue weighted by molar-refractivity contribution is 0.132. The van der Waals surface area contributed by atoms with Crippen LogP contribution in [0.3, 0.4) is 0 Å². The fourth-order valence-electron chi connectivity index (χ4n) is 0.792. The van der Waals surface area contributed by atoms with Crippen LogP contribution in [0.25, 0.3) is 0 Å². The van der Waals surface area contributed by atoms with Crippen LogP contribution in [-0.2, 0) is 4.74 Å². The summed E-state index contributed by atoms with van der Waals surface area (Å²) in [5.41, 5.74) is 1.38. The second kappa shape index (κ2) is 10.3. The fraction of sp³-hybridized carbons (Fsp3) is 0.778. The molecule has 2 nitrogen and oxygen atoms in total. The zero-order valence-corrected chi connectivity index (χ0v) is 9.50. The first-order valence-corrected chi connectivity index (χ1v) is 5.36. The molecule has 0 heterocycles. The fourth-order valence-corrected chi connectivity index (χ4v) is 0.964. The minimum Gasteiger partial charge on any atom is -0.381 e. The third-order valence-corrected chi connectivity index (χ3v) is 2.02. The van der Waals surface area contributed by atoms with Crippen LogP contribution in [0.2, 0.25) is 0 Å². The van der Waals surface area contributed by atoms with Crippen molar-refractivity contribution in [3.8, 4) is 0 Å². The van der Waals surface area contributed by atoms with Gasteiger partial charge in [-0.1, -0.05) is 30.1 Å². The highest BCUT2D eigenvalue weighted by Gasteiger charge is 1.91. The standard InChI is InChI=1S/C9H17Cl2NO/c1-2-5-13-6-3-4-12-8-9(11)7-10/h7,12H,2-6,8H2,1H3. The highest BCUT2D eigenvalue weighted by Crippen LogP contribution is 1.99. The Morgan fingerprint density at radius 3 is 2.85 bits per heavy atom. The molecule has 0 bridgehead atoms. The van der Waals surface area contributed by atoms with Gasteiger partial charge in [-0.3, -0.25) is 0 Å². The van der Waals surface area contributed by atoms with E-state index in [9.17, 15) is 0 Å². The summed E-state index contributed by atoms with van der Waals surface area (Å²) in [7, 11) is 0. The smallest absolute Gasteiger partial charge is 0.0478 e. The van der Waals surface area contributed by atoms with Crippen molar-refractivity contribution in [2.24, 2.45) is 0 Å². The maximum Gasteiger partial charge on any atom is 0.0478 e. The van der Waals surface area contributed by atoms with E-state index < -0.39 is 0 Å². The van der Waals surface area contributed by atoms with E-state index in [4.69, 9.17) is 27.9 Å². The molecule has 0 aromatic rings. The molecule has 0 saturated heterocycles. The van der Waals surface area contributed by atoms with Crippen molar-refractivity contribution in [1.29, 1.82) is 0 Å². The van der Waals surface area contributed by atoms with E-state index in [0.29, 0.717) is 11.6 Å². The molecule has 0 aromatic heterocycles. The van der Waals surface area contributed by atoms with E-state index in [-0.39, 0.29) is 0 Å². The van der Waals surface area contributed by atoms with Crippen molar-refractivity contribution in [2.75, 3.05) is 26.3 Å². The van der Waals surface area contributed by atoms with Gasteiger partial charge in [0.1, 0.15) is 0 Å². The summed E-state index contributed by atoms with van der Waals surface area (Å²) >= 11 is 11.0. The average Bonchev–Trinajstić information content (AvgIpc) is 2.16. The Morgan fingerprint density at radius 2 is 2.23 bits per heavy atom. The average molecular weight is 226 g/mol. The van der Waals surface area contributed by atoms with Gasteiger partial charge in [-0.05, 0) is 19.4 Å². The van der Waals surface area contributed by atoms with Gasteiger partial charge in [-0.2, -0.15) is 0 Å². The predicted octanol–water partition coefficient (Wildman–Crippen LogP) is 2.71. The number of rotatable bonds is 8. The van der Waals surface area contributed by atoms with Gasteiger partial charge in [0.05, 0.1) is 0 Å². The minimum absolute atomic E-state index is 0.635. The minimum atomic E-state index is 0.635. The van der Waals surface area contributed by atoms with Crippen LogP contribution >= 0.6 is 23.2 Å². The topological polar surface area (TPSA) is 21.3 Å². The predicted molar refractivity (Wildman–Crippen MR) is 58.4 cm³/mol. The first-order chi connectivity index (χ1) is 6.31. The molecule has 0 aliphatic heterocycles. The van der Waals surface area contributed by atoms with Crippen molar-refractivity contribution in [2.45, 2.75) is 19.8 Å². The molecular weight excluding hydrogens is 209 g/mol. The van der Waals surface area contributed by atoms with Gasteiger partial charge in [0, 0.05) is 30.3 Å². The van der Waals surface area contributed by atoms with Gasteiger partial charge in [0.15, 0.2) is 0 Å². The van der Waals surface area contributed by atoms with Crippen molar-refractivity contribution in [3.05, 3.63) is 10.6 Å². The molecule has 0 aliphatic carbocycles. The SMILES string of the molecule is CCCOCCCNCC(Cl)=CCl. The van der Waals surface area contributed by atoms with E-state index in [2.05, 4.69) is 12.2 Å². The Hall–Kier alpha value is 0.240. The van der Waals surface area contributed by atoms with Crippen molar-refractivity contribution >= 4 is 23.2 Å². The highest BCUT2D eigenvalue weighted by atomic mass is 35.5. The van der Waals surface area contributed by atoms with E-state index in [1.54, 1.807) is 0 Å². The van der Waals surface area contributed by atoms with Gasteiger partial charge >= 0.3 is 0 Å². The molecule has 1 N–H and O–H groups in total. The largest absolute Gasteiger partial charge is 0.381 e. The third kappa shape index (κ3) is 10.2. The second-order valence-corrected chi connectivity index (χ2v) is 3.40. The molecule has 0 radical (unpaired) electrons. The third-order valence-electron chi connectivity index (χ3n) is 1.40. The number of halogens is 2. The quantitative estimate of drug-likeness (QED) is 0.642. The first kappa shape index (κ1) is 13.2. The van der Waals surface area contributed by atoms with Crippen LogP contribution in [0.4, 0.5) is 0 Å². The Bertz CT molecular complexity index is 140. The van der Waals surface area contributed by atoms with Gasteiger partial charge in [0.25, 0.3) is 0 Å². The van der Waals surface area contributed by atoms with Crippen molar-refractivity contribution in [1.82, 2.24) is 5.32 Å². The van der Waals surface area contributed by atoms with E-state index >= 15 is 0 Å². The zero-order valence-electron chi connectivity index (χ0n) is 7.98. The van der Waals surface area contributed by atoms with Crippen LogP contribution in [0.15, 0.2) is 10.6 Å². The number of nitrogens with one attached hydrogen (secondary N) is 1. The molecule has 0 aliphatic rings. The summed E-state index contributed by atoms with van der Waals surface area (Å²) in [6.45, 7) is 5.30. The van der Waals surface area contributed by atoms with Crippen LogP contribution in [0.5, 0.6) is 0 Å². The maximum atomic E-state index is 5.66. The van der Waals surface area contributed by atoms with Crippen LogP contribution in [-0.4, -0.2) is 26.3 Å². The Balaban J connectivity index is 3.00. The molecule has 78 valence electrons. The second-order valence-electron chi connectivity index (χ2n) is 2.70. The molecule has 0 atom stereocenters. The van der Waals surface area contributed by atoms with Gasteiger partial charge in [0.2, 0.25) is 0 Å². The lowest BCUT2D eigenvalue weighted by Gasteiger charge is -2.03. The van der Waals surface area contributed by atoms with Crippen LogP contribution in [0, 0.1) is 0 Å². The van der Waals surface area contributed by atoms with E-state index in [1.807, 2.05) is 0 Å². The Morgan fingerprint density at radius 1 is 1.46 bits per heavy atom. The lowest BCUT2D eigenvalue weighted by Crippen LogP contribution is -2.18. The van der Waals surface area contributed by atoms with Gasteiger partial charge in [-0.25, -0.2) is 0 Å². The number of ether oxygens (including phenoxy) is 1. The number of hydrogen-bond acceptors (Lipinski definition) is 2. The summed E-state index contributed by atoms with van der Waals surface area (Å²) in [6, 6.07) is 0. The molecular formula is C9H17Cl2NO. The zero-order chi connectivity index (χ0) is 9.94. The number of hydrogen-bond donors (Lipinski definition) is 1. The van der Waals surface area contributed by atoms with Crippen molar-refractivity contribution in [3.63, 3.8) is 0 Å². The summed E-state index contributed by atoms with van der Waals surface area (Å²) in [5.74, 6) is 0. The normalized spacial score (nSPS) is 12.1. The highest BCUT2D eigenvalue weighted by molar-refractivity contribution is 6.36. The lowest BCUT2D eigenvalue weighted by atomic mass is 10.4. The molecule has 13 heavy (non-hydrogen) atoms. The summed E-state index contributed by atoms with van der Waals surface area (Å²) in [6.07, 6.45) is 2.08. The summed E-state index contributed by atoms with van der Waals surface area (Å²) in [4.78, 5) is 0. The summed E-state index contributed by atoms with van der Waals surface area (Å²) < 4.78 is 5.30. The Labute approximate surface area is 90.2 Å². The molecule has 0 saturated carbocycles. The molecule has 0 aromatic carbocycles. The molecule has 0 rings (SSSR count). The molecule has 0 spiro atoms. The monoisotopic (exact) mass is 225 g/mol. The molecule has 0 unspecified atom stereocenters. The van der Waals surface area contributed by atoms with Gasteiger partial charge < -0.3 is 10.1 Å².